The van der Waals surface area contributed by atoms with Gasteiger partial charge in [0.2, 0.25) is 0 Å². The van der Waals surface area contributed by atoms with E-state index >= 15 is 0 Å². The normalized spacial score (nSPS) is 25.7. The molecule has 4 nitrogen and oxygen atoms in total. The molecule has 0 bridgehead atoms. The quantitative estimate of drug-likeness (QED) is 0.893. The van der Waals surface area contributed by atoms with Crippen LogP contribution in [0.3, 0.4) is 0 Å². The number of anilines is 1. The van der Waals surface area contributed by atoms with E-state index in [-0.39, 0.29) is 5.54 Å². The molecule has 1 aliphatic heterocycles. The molecular formula is C15H28N4. The monoisotopic (exact) mass is 264 g/mol. The van der Waals surface area contributed by atoms with Crippen LogP contribution < -0.4 is 5.73 Å². The number of nitrogens with two attached hydrogens (primary N) is 1. The summed E-state index contributed by atoms with van der Waals surface area (Å²) in [6, 6.07) is 2.02. The summed E-state index contributed by atoms with van der Waals surface area (Å²) in [4.78, 5) is 2.51. The number of nitrogens with zero attached hydrogens (tertiary/aromatic N) is 3. The molecule has 4 heteroatoms. The minimum absolute atomic E-state index is 0.0508. The molecule has 19 heavy (non-hydrogen) atoms. The molecule has 0 spiro atoms. The van der Waals surface area contributed by atoms with Crippen molar-refractivity contribution in [2.24, 2.45) is 11.8 Å². The minimum atomic E-state index is -0.0508. The van der Waals surface area contributed by atoms with Crippen LogP contribution in [0.2, 0.25) is 0 Å². The largest absolute Gasteiger partial charge is 0.384 e. The lowest BCUT2D eigenvalue weighted by Gasteiger charge is -2.34. The molecule has 2 unspecified atom stereocenters. The molecule has 1 aromatic rings. The molecule has 108 valence electrons. The van der Waals surface area contributed by atoms with Gasteiger partial charge in [0.05, 0.1) is 11.2 Å². The maximum atomic E-state index is 6.07. The average molecular weight is 264 g/mol. The number of piperidine rings is 1. The van der Waals surface area contributed by atoms with Crippen LogP contribution in [0, 0.1) is 11.8 Å². The van der Waals surface area contributed by atoms with Crippen LogP contribution in [-0.4, -0.2) is 27.8 Å². The van der Waals surface area contributed by atoms with Gasteiger partial charge >= 0.3 is 0 Å². The summed E-state index contributed by atoms with van der Waals surface area (Å²) in [5.41, 5.74) is 7.11. The zero-order chi connectivity index (χ0) is 14.2. The second kappa shape index (κ2) is 5.16. The van der Waals surface area contributed by atoms with Crippen molar-refractivity contribution in [3.05, 3.63) is 11.8 Å². The minimum Gasteiger partial charge on any atom is -0.384 e. The van der Waals surface area contributed by atoms with Crippen LogP contribution in [0.4, 0.5) is 5.82 Å². The van der Waals surface area contributed by atoms with Crippen molar-refractivity contribution in [2.45, 2.75) is 53.1 Å². The number of aromatic nitrogens is 2. The number of likely N-dealkylation sites (tertiary alicyclic amines) is 1. The Labute approximate surface area is 117 Å². The molecule has 0 aliphatic carbocycles. The lowest BCUT2D eigenvalue weighted by Crippen LogP contribution is -2.38. The fraction of sp³-hybridized carbons (Fsp3) is 0.800. The van der Waals surface area contributed by atoms with Crippen LogP contribution in [-0.2, 0) is 12.1 Å². The molecular weight excluding hydrogens is 236 g/mol. The Morgan fingerprint density at radius 3 is 2.32 bits per heavy atom. The second-order valence-electron chi connectivity index (χ2n) is 7.28. The highest BCUT2D eigenvalue weighted by Crippen LogP contribution is 2.24. The summed E-state index contributed by atoms with van der Waals surface area (Å²) >= 11 is 0. The first-order valence-corrected chi connectivity index (χ1v) is 7.33. The summed E-state index contributed by atoms with van der Waals surface area (Å²) < 4.78 is 1.93. The molecule has 2 rings (SSSR count). The highest BCUT2D eigenvalue weighted by atomic mass is 15.4. The lowest BCUT2D eigenvalue weighted by molar-refractivity contribution is 0.132. The van der Waals surface area contributed by atoms with Gasteiger partial charge in [-0.15, -0.1) is 0 Å². The van der Waals surface area contributed by atoms with Gasteiger partial charge in [0, 0.05) is 25.7 Å². The number of hydrogen-bond donors (Lipinski definition) is 1. The van der Waals surface area contributed by atoms with Crippen molar-refractivity contribution in [1.82, 2.24) is 14.7 Å². The van der Waals surface area contributed by atoms with Gasteiger partial charge in [-0.3, -0.25) is 4.90 Å². The van der Waals surface area contributed by atoms with Gasteiger partial charge < -0.3 is 5.73 Å². The Hall–Kier alpha value is -1.03. The highest BCUT2D eigenvalue weighted by molar-refractivity contribution is 5.32. The highest BCUT2D eigenvalue weighted by Gasteiger charge is 2.24. The Morgan fingerprint density at radius 1 is 1.26 bits per heavy atom. The zero-order valence-electron chi connectivity index (χ0n) is 13.0. The maximum absolute atomic E-state index is 6.07. The summed E-state index contributed by atoms with van der Waals surface area (Å²) in [5, 5.41) is 4.68. The zero-order valence-corrected chi connectivity index (χ0v) is 13.0. The molecule has 2 atom stereocenters. The van der Waals surface area contributed by atoms with Crippen molar-refractivity contribution in [2.75, 3.05) is 18.8 Å². The fourth-order valence-electron chi connectivity index (χ4n) is 3.21. The molecule has 1 fully saturated rings. The predicted molar refractivity (Wildman–Crippen MR) is 79.9 cm³/mol. The predicted octanol–water partition coefficient (Wildman–Crippen LogP) is 2.70. The lowest BCUT2D eigenvalue weighted by atomic mass is 9.92. The smallest absolute Gasteiger partial charge is 0.122 e. The van der Waals surface area contributed by atoms with Gasteiger partial charge in [-0.25, -0.2) is 4.68 Å². The van der Waals surface area contributed by atoms with Crippen LogP contribution in [0.1, 0.15) is 46.7 Å². The SMILES string of the molecule is CC1CC(C)CN(Cc2cc(N)n(C(C)(C)C)n2)C1. The Balaban J connectivity index is 2.07. The molecule has 2 heterocycles. The van der Waals surface area contributed by atoms with Gasteiger partial charge in [0.15, 0.2) is 0 Å². The third-order valence-electron chi connectivity index (χ3n) is 3.75. The van der Waals surface area contributed by atoms with Gasteiger partial charge in [-0.2, -0.15) is 5.10 Å². The second-order valence-corrected chi connectivity index (χ2v) is 7.28. The van der Waals surface area contributed by atoms with Crippen molar-refractivity contribution in [1.29, 1.82) is 0 Å². The first-order valence-electron chi connectivity index (χ1n) is 7.33. The van der Waals surface area contributed by atoms with Crippen LogP contribution in [0.5, 0.6) is 0 Å². The first kappa shape index (κ1) is 14.4. The van der Waals surface area contributed by atoms with E-state index < -0.39 is 0 Å². The van der Waals surface area contributed by atoms with Gasteiger partial charge in [-0.1, -0.05) is 13.8 Å². The van der Waals surface area contributed by atoms with Crippen LogP contribution in [0.25, 0.3) is 0 Å². The topological polar surface area (TPSA) is 47.1 Å². The van der Waals surface area contributed by atoms with Crippen LogP contribution >= 0.6 is 0 Å². The molecule has 1 saturated heterocycles. The first-order chi connectivity index (χ1) is 8.75. The summed E-state index contributed by atoms with van der Waals surface area (Å²) in [5.74, 6) is 2.33. The van der Waals surface area contributed by atoms with E-state index in [0.717, 1.165) is 29.9 Å². The van der Waals surface area contributed by atoms with E-state index in [0.29, 0.717) is 0 Å². The number of rotatable bonds is 2. The standard InChI is InChI=1S/C15H28N4/c1-11-6-12(2)9-18(8-11)10-13-7-14(16)19(17-13)15(3,4)5/h7,11-12H,6,8-10,16H2,1-5H3. The molecule has 1 aliphatic rings. The van der Waals surface area contributed by atoms with E-state index in [1.54, 1.807) is 0 Å². The van der Waals surface area contributed by atoms with Gasteiger partial charge in [-0.05, 0) is 39.0 Å². The third kappa shape index (κ3) is 3.50. The van der Waals surface area contributed by atoms with E-state index in [4.69, 9.17) is 5.73 Å². The Kier molecular flexibility index (Phi) is 3.90. The fourth-order valence-corrected chi connectivity index (χ4v) is 3.21. The summed E-state index contributed by atoms with van der Waals surface area (Å²) in [6.07, 6.45) is 1.34. The number of hydrogen-bond acceptors (Lipinski definition) is 3. The van der Waals surface area contributed by atoms with Crippen molar-refractivity contribution < 1.29 is 0 Å². The Bertz CT molecular complexity index is 420. The van der Waals surface area contributed by atoms with Crippen molar-refractivity contribution in [3.8, 4) is 0 Å². The number of nitrogen functional groups attached to an aromatic ring is 1. The molecule has 2 N–H and O–H groups in total. The van der Waals surface area contributed by atoms with Crippen molar-refractivity contribution in [3.63, 3.8) is 0 Å². The molecule has 0 amide bonds. The third-order valence-corrected chi connectivity index (χ3v) is 3.75. The summed E-state index contributed by atoms with van der Waals surface area (Å²) in [7, 11) is 0. The Morgan fingerprint density at radius 2 is 1.84 bits per heavy atom. The van der Waals surface area contributed by atoms with Crippen molar-refractivity contribution >= 4 is 5.82 Å². The molecule has 0 saturated carbocycles. The van der Waals surface area contributed by atoms with E-state index in [9.17, 15) is 0 Å². The van der Waals surface area contributed by atoms with E-state index in [1.807, 2.05) is 10.7 Å². The van der Waals surface area contributed by atoms with Crippen LogP contribution in [0.15, 0.2) is 6.07 Å². The molecule has 0 aromatic carbocycles. The molecule has 1 aromatic heterocycles. The average Bonchev–Trinajstić information content (AvgIpc) is 2.57. The summed E-state index contributed by atoms with van der Waals surface area (Å²) in [6.45, 7) is 14.3. The van der Waals surface area contributed by atoms with E-state index in [2.05, 4.69) is 44.6 Å². The molecule has 0 radical (unpaired) electrons. The van der Waals surface area contributed by atoms with Gasteiger partial charge in [0.1, 0.15) is 5.82 Å². The maximum Gasteiger partial charge on any atom is 0.122 e. The van der Waals surface area contributed by atoms with E-state index in [1.165, 1.54) is 19.5 Å². The van der Waals surface area contributed by atoms with Gasteiger partial charge in [0.25, 0.3) is 0 Å².